The third-order valence-corrected chi connectivity index (χ3v) is 5.29. The molecule has 2 aliphatic rings. The molecule has 118 valence electrons. The highest BCUT2D eigenvalue weighted by molar-refractivity contribution is 5.96. The summed E-state index contributed by atoms with van der Waals surface area (Å²) in [5, 5.41) is 3.23. The van der Waals surface area contributed by atoms with E-state index in [4.69, 9.17) is 5.73 Å². The average Bonchev–Trinajstić information content (AvgIpc) is 3.18. The van der Waals surface area contributed by atoms with Crippen LogP contribution in [0.1, 0.15) is 36.0 Å². The first-order valence-electron chi connectivity index (χ1n) is 8.32. The number of nitrogens with two attached hydrogens (primary N) is 1. The van der Waals surface area contributed by atoms with Gasteiger partial charge in [-0.1, -0.05) is 18.6 Å². The molecule has 3 atom stereocenters. The fourth-order valence-electron chi connectivity index (χ4n) is 4.14. The van der Waals surface area contributed by atoms with Crippen molar-refractivity contribution >= 4 is 11.6 Å². The maximum atomic E-state index is 12.6. The van der Waals surface area contributed by atoms with Crippen molar-refractivity contribution in [3.8, 4) is 11.3 Å². The quantitative estimate of drug-likeness (QED) is 0.914. The van der Waals surface area contributed by atoms with E-state index in [0.29, 0.717) is 23.2 Å². The van der Waals surface area contributed by atoms with Crippen LogP contribution in [0.3, 0.4) is 0 Å². The highest BCUT2D eigenvalue weighted by Gasteiger charge is 2.40. The van der Waals surface area contributed by atoms with E-state index in [1.54, 1.807) is 6.20 Å². The molecule has 2 aromatic rings. The minimum atomic E-state index is 0.0129. The first-order chi connectivity index (χ1) is 11.2. The standard InChI is InChI=1S/C19H21N3O/c20-16-5-2-8-21-18(16)14-3-1-4-15(11-14)19(23)22-17-10-12-6-7-13(17)9-12/h1-5,8,11-13,17H,6-7,9-10,20H2,(H,22,23). The van der Waals surface area contributed by atoms with Gasteiger partial charge >= 0.3 is 0 Å². The van der Waals surface area contributed by atoms with Crippen molar-refractivity contribution in [3.63, 3.8) is 0 Å². The number of amides is 1. The van der Waals surface area contributed by atoms with Gasteiger partial charge in [-0.3, -0.25) is 9.78 Å². The number of fused-ring (bicyclic) bond motifs is 2. The SMILES string of the molecule is Nc1cccnc1-c1cccc(C(=O)NC2CC3CCC2C3)c1. The lowest BCUT2D eigenvalue weighted by Crippen LogP contribution is -2.38. The zero-order chi connectivity index (χ0) is 15.8. The smallest absolute Gasteiger partial charge is 0.251 e. The van der Waals surface area contributed by atoms with Crippen molar-refractivity contribution in [1.29, 1.82) is 0 Å². The van der Waals surface area contributed by atoms with E-state index in [2.05, 4.69) is 10.3 Å². The molecular weight excluding hydrogens is 286 g/mol. The Morgan fingerprint density at radius 3 is 2.83 bits per heavy atom. The predicted molar refractivity (Wildman–Crippen MR) is 90.8 cm³/mol. The molecule has 2 fully saturated rings. The minimum absolute atomic E-state index is 0.0129. The number of hydrogen-bond acceptors (Lipinski definition) is 3. The van der Waals surface area contributed by atoms with E-state index in [0.717, 1.165) is 23.6 Å². The van der Waals surface area contributed by atoms with Crippen LogP contribution >= 0.6 is 0 Å². The molecule has 1 aromatic heterocycles. The summed E-state index contributed by atoms with van der Waals surface area (Å²) in [7, 11) is 0. The van der Waals surface area contributed by atoms with E-state index >= 15 is 0 Å². The summed E-state index contributed by atoms with van der Waals surface area (Å²) in [5.41, 5.74) is 8.89. The van der Waals surface area contributed by atoms with E-state index in [9.17, 15) is 4.79 Å². The first kappa shape index (κ1) is 14.2. The average molecular weight is 307 g/mol. The van der Waals surface area contributed by atoms with Gasteiger partial charge in [0.25, 0.3) is 5.91 Å². The molecule has 4 nitrogen and oxygen atoms in total. The molecule has 1 heterocycles. The van der Waals surface area contributed by atoms with Crippen LogP contribution in [0.5, 0.6) is 0 Å². The lowest BCUT2D eigenvalue weighted by Gasteiger charge is -2.23. The van der Waals surface area contributed by atoms with Crippen LogP contribution in [0.15, 0.2) is 42.6 Å². The number of carbonyl (C=O) groups excluding carboxylic acids is 1. The van der Waals surface area contributed by atoms with Gasteiger partial charge in [-0.15, -0.1) is 0 Å². The van der Waals surface area contributed by atoms with Crippen LogP contribution in [0.2, 0.25) is 0 Å². The van der Waals surface area contributed by atoms with Crippen LogP contribution in [-0.4, -0.2) is 16.9 Å². The van der Waals surface area contributed by atoms with Gasteiger partial charge in [0.15, 0.2) is 0 Å². The Kier molecular flexibility index (Phi) is 3.52. The summed E-state index contributed by atoms with van der Waals surface area (Å²) in [6, 6.07) is 11.5. The Morgan fingerprint density at radius 2 is 2.09 bits per heavy atom. The second-order valence-corrected chi connectivity index (χ2v) is 6.78. The lowest BCUT2D eigenvalue weighted by molar-refractivity contribution is 0.0923. The summed E-state index contributed by atoms with van der Waals surface area (Å²) in [6.45, 7) is 0. The van der Waals surface area contributed by atoms with Gasteiger partial charge in [-0.2, -0.15) is 0 Å². The maximum Gasteiger partial charge on any atom is 0.251 e. The predicted octanol–water partition coefficient (Wildman–Crippen LogP) is 3.25. The summed E-state index contributed by atoms with van der Waals surface area (Å²) in [5.74, 6) is 1.52. The summed E-state index contributed by atoms with van der Waals surface area (Å²) >= 11 is 0. The second-order valence-electron chi connectivity index (χ2n) is 6.78. The number of anilines is 1. The highest BCUT2D eigenvalue weighted by Crippen LogP contribution is 2.44. The van der Waals surface area contributed by atoms with Crippen LogP contribution in [0, 0.1) is 11.8 Å². The molecule has 2 aliphatic carbocycles. The topological polar surface area (TPSA) is 68.0 Å². The molecule has 3 N–H and O–H groups in total. The van der Waals surface area contributed by atoms with Crippen molar-refractivity contribution in [3.05, 3.63) is 48.2 Å². The van der Waals surface area contributed by atoms with Crippen LogP contribution < -0.4 is 11.1 Å². The van der Waals surface area contributed by atoms with Gasteiger partial charge < -0.3 is 11.1 Å². The summed E-state index contributed by atoms with van der Waals surface area (Å²) < 4.78 is 0. The maximum absolute atomic E-state index is 12.6. The fourth-order valence-corrected chi connectivity index (χ4v) is 4.14. The largest absolute Gasteiger partial charge is 0.397 e. The molecule has 1 amide bonds. The Morgan fingerprint density at radius 1 is 1.17 bits per heavy atom. The zero-order valence-corrected chi connectivity index (χ0v) is 13.0. The van der Waals surface area contributed by atoms with Gasteiger partial charge in [0.1, 0.15) is 0 Å². The molecule has 0 saturated heterocycles. The number of aromatic nitrogens is 1. The van der Waals surface area contributed by atoms with Crippen LogP contribution in [0.25, 0.3) is 11.3 Å². The van der Waals surface area contributed by atoms with E-state index in [-0.39, 0.29) is 5.91 Å². The van der Waals surface area contributed by atoms with Crippen molar-refractivity contribution < 1.29 is 4.79 Å². The highest BCUT2D eigenvalue weighted by atomic mass is 16.1. The Labute approximate surface area is 136 Å². The molecule has 2 saturated carbocycles. The number of pyridine rings is 1. The number of hydrogen-bond donors (Lipinski definition) is 2. The molecule has 4 rings (SSSR count). The summed E-state index contributed by atoms with van der Waals surface area (Å²) in [6.07, 6.45) is 6.75. The van der Waals surface area contributed by atoms with Crippen molar-refractivity contribution in [1.82, 2.24) is 10.3 Å². The molecule has 0 aliphatic heterocycles. The number of nitrogens with one attached hydrogen (secondary N) is 1. The number of nitrogens with zero attached hydrogens (tertiary/aromatic N) is 1. The van der Waals surface area contributed by atoms with E-state index < -0.39 is 0 Å². The molecular formula is C19H21N3O. The second kappa shape index (κ2) is 5.69. The third kappa shape index (κ3) is 2.69. The molecule has 2 bridgehead atoms. The zero-order valence-electron chi connectivity index (χ0n) is 13.0. The van der Waals surface area contributed by atoms with Crippen LogP contribution in [-0.2, 0) is 0 Å². The Balaban J connectivity index is 1.54. The minimum Gasteiger partial charge on any atom is -0.397 e. The third-order valence-electron chi connectivity index (χ3n) is 5.29. The Bertz CT molecular complexity index is 743. The fraction of sp³-hybridized carbons (Fsp3) is 0.368. The molecule has 1 aromatic carbocycles. The van der Waals surface area contributed by atoms with Crippen molar-refractivity contribution in [2.75, 3.05) is 5.73 Å². The van der Waals surface area contributed by atoms with E-state index in [1.165, 1.54) is 19.3 Å². The Hall–Kier alpha value is -2.36. The summed E-state index contributed by atoms with van der Waals surface area (Å²) in [4.78, 5) is 16.9. The number of nitrogen functional groups attached to an aromatic ring is 1. The van der Waals surface area contributed by atoms with Gasteiger partial charge in [-0.05, 0) is 55.4 Å². The van der Waals surface area contributed by atoms with Gasteiger partial charge in [0.05, 0.1) is 11.4 Å². The molecule has 23 heavy (non-hydrogen) atoms. The normalized spacial score (nSPS) is 25.5. The number of benzene rings is 1. The number of rotatable bonds is 3. The molecule has 3 unspecified atom stereocenters. The van der Waals surface area contributed by atoms with Crippen molar-refractivity contribution in [2.45, 2.75) is 31.7 Å². The molecule has 0 radical (unpaired) electrons. The monoisotopic (exact) mass is 307 g/mol. The number of carbonyl (C=O) groups is 1. The van der Waals surface area contributed by atoms with Crippen LogP contribution in [0.4, 0.5) is 5.69 Å². The first-order valence-corrected chi connectivity index (χ1v) is 8.32. The van der Waals surface area contributed by atoms with Gasteiger partial charge in [0.2, 0.25) is 0 Å². The van der Waals surface area contributed by atoms with Crippen molar-refractivity contribution in [2.24, 2.45) is 11.8 Å². The molecule has 0 spiro atoms. The van der Waals surface area contributed by atoms with E-state index in [1.807, 2.05) is 36.4 Å². The van der Waals surface area contributed by atoms with Gasteiger partial charge in [0, 0.05) is 23.4 Å². The lowest BCUT2D eigenvalue weighted by atomic mass is 9.95. The van der Waals surface area contributed by atoms with Gasteiger partial charge in [-0.25, -0.2) is 0 Å². The molecule has 4 heteroatoms.